The van der Waals surface area contributed by atoms with Gasteiger partial charge in [-0.1, -0.05) is 30.3 Å². The van der Waals surface area contributed by atoms with Crippen molar-refractivity contribution < 1.29 is 0 Å². The molecule has 0 aliphatic heterocycles. The molecule has 0 aliphatic carbocycles. The smallest absolute Gasteiger partial charge is 0.257 e. The third kappa shape index (κ3) is 2.27. The summed E-state index contributed by atoms with van der Waals surface area (Å²) in [6, 6.07) is 15.4. The van der Waals surface area contributed by atoms with Crippen molar-refractivity contribution in [1.29, 1.82) is 0 Å². The molecule has 0 atom stereocenters. The van der Waals surface area contributed by atoms with Gasteiger partial charge in [-0.2, -0.15) is 21.0 Å². The van der Waals surface area contributed by atoms with E-state index in [9.17, 15) is 4.79 Å². The lowest BCUT2D eigenvalue weighted by Gasteiger charge is -2.04. The van der Waals surface area contributed by atoms with Gasteiger partial charge in [-0.25, -0.2) is 4.98 Å². The first-order chi connectivity index (χ1) is 12.3. The van der Waals surface area contributed by atoms with Gasteiger partial charge in [0.15, 0.2) is 5.65 Å². The van der Waals surface area contributed by atoms with Crippen molar-refractivity contribution in [3.8, 4) is 22.4 Å². The fourth-order valence-corrected chi connectivity index (χ4v) is 3.61. The predicted octanol–water partition coefficient (Wildman–Crippen LogP) is 3.97. The second-order valence-electron chi connectivity index (χ2n) is 5.75. The molecule has 5 rings (SSSR count). The molecule has 6 heteroatoms. The Kier molecular flexibility index (Phi) is 3.05. The Hall–Kier alpha value is -3.25. The first-order valence-electron chi connectivity index (χ1n) is 7.79. The molecule has 1 N–H and O–H groups in total. The zero-order valence-electron chi connectivity index (χ0n) is 13.0. The zero-order valence-corrected chi connectivity index (χ0v) is 13.8. The first-order valence-corrected chi connectivity index (χ1v) is 8.74. The minimum atomic E-state index is -0.140. The van der Waals surface area contributed by atoms with Crippen LogP contribution in [0, 0.1) is 0 Å². The van der Waals surface area contributed by atoms with Crippen molar-refractivity contribution in [3.63, 3.8) is 0 Å². The third-order valence-corrected chi connectivity index (χ3v) is 4.87. The van der Waals surface area contributed by atoms with Gasteiger partial charge in [-0.05, 0) is 23.1 Å². The molecule has 0 fully saturated rings. The highest BCUT2D eigenvalue weighted by molar-refractivity contribution is 7.08. The molecular formula is C19H12N4OS. The summed E-state index contributed by atoms with van der Waals surface area (Å²) < 4.78 is 1.69. The molecule has 1 aromatic carbocycles. The quantitative estimate of drug-likeness (QED) is 0.527. The van der Waals surface area contributed by atoms with Gasteiger partial charge in [0.2, 0.25) is 0 Å². The lowest BCUT2D eigenvalue weighted by molar-refractivity contribution is 0.963. The highest BCUT2D eigenvalue weighted by Crippen LogP contribution is 2.24. The average Bonchev–Trinajstić information content (AvgIpc) is 3.31. The SMILES string of the molecule is O=c1[nH]c2c(cnc3cc(-c4ccsc4)nn32)cc1-c1ccccc1. The van der Waals surface area contributed by atoms with Gasteiger partial charge in [-0.15, -0.1) is 0 Å². The fraction of sp³-hybridized carbons (Fsp3) is 0. The number of nitrogens with one attached hydrogen (secondary N) is 1. The number of aromatic nitrogens is 4. The number of pyridine rings is 1. The van der Waals surface area contributed by atoms with Crippen LogP contribution in [-0.2, 0) is 0 Å². The van der Waals surface area contributed by atoms with E-state index in [1.54, 1.807) is 22.0 Å². The van der Waals surface area contributed by atoms with Gasteiger partial charge in [0.25, 0.3) is 5.56 Å². The molecule has 0 radical (unpaired) electrons. The lowest BCUT2D eigenvalue weighted by atomic mass is 10.1. The highest BCUT2D eigenvalue weighted by atomic mass is 32.1. The Morgan fingerprint density at radius 2 is 1.92 bits per heavy atom. The summed E-state index contributed by atoms with van der Waals surface area (Å²) in [5.74, 6) is 0. The van der Waals surface area contributed by atoms with Crippen LogP contribution in [0.4, 0.5) is 0 Å². The zero-order chi connectivity index (χ0) is 16.8. The summed E-state index contributed by atoms with van der Waals surface area (Å²) in [5, 5.41) is 9.51. The van der Waals surface area contributed by atoms with Crippen LogP contribution in [0.1, 0.15) is 0 Å². The van der Waals surface area contributed by atoms with Crippen LogP contribution in [0.15, 0.2) is 70.3 Å². The molecule has 4 aromatic heterocycles. The summed E-state index contributed by atoms with van der Waals surface area (Å²) in [7, 11) is 0. The standard InChI is InChI=1S/C19H12N4OS/c24-19-15(12-4-2-1-3-5-12)8-14-10-20-17-9-16(13-6-7-25-11-13)22-23(17)18(14)21-19/h1-11H,(H,21,24). The van der Waals surface area contributed by atoms with Crippen molar-refractivity contribution >= 4 is 28.0 Å². The van der Waals surface area contributed by atoms with Crippen LogP contribution >= 0.6 is 11.3 Å². The van der Waals surface area contributed by atoms with Crippen LogP contribution in [0.25, 0.3) is 39.1 Å². The van der Waals surface area contributed by atoms with E-state index >= 15 is 0 Å². The van der Waals surface area contributed by atoms with Gasteiger partial charge >= 0.3 is 0 Å². The molecular weight excluding hydrogens is 332 g/mol. The molecule has 120 valence electrons. The van der Waals surface area contributed by atoms with Gasteiger partial charge < -0.3 is 4.98 Å². The molecule has 0 unspecified atom stereocenters. The van der Waals surface area contributed by atoms with E-state index in [0.717, 1.165) is 22.2 Å². The topological polar surface area (TPSA) is 63.0 Å². The van der Waals surface area contributed by atoms with Gasteiger partial charge in [0, 0.05) is 34.2 Å². The number of hydrogen-bond acceptors (Lipinski definition) is 4. The van der Waals surface area contributed by atoms with E-state index in [-0.39, 0.29) is 5.56 Å². The molecule has 0 saturated carbocycles. The van der Waals surface area contributed by atoms with Crippen LogP contribution in [0.3, 0.4) is 0 Å². The summed E-state index contributed by atoms with van der Waals surface area (Å²) in [6.07, 6.45) is 1.77. The number of hydrogen-bond donors (Lipinski definition) is 1. The number of benzene rings is 1. The fourth-order valence-electron chi connectivity index (χ4n) is 2.96. The number of thiophene rings is 1. The Balaban J connectivity index is 1.77. The second-order valence-corrected chi connectivity index (χ2v) is 6.53. The van der Waals surface area contributed by atoms with Gasteiger partial charge in [-0.3, -0.25) is 4.79 Å². The normalized spacial score (nSPS) is 11.4. The number of nitrogens with zero attached hydrogens (tertiary/aromatic N) is 3. The summed E-state index contributed by atoms with van der Waals surface area (Å²) in [4.78, 5) is 20.0. The number of fused-ring (bicyclic) bond motifs is 3. The molecule has 0 spiro atoms. The molecule has 0 aliphatic rings. The lowest BCUT2D eigenvalue weighted by Crippen LogP contribution is -2.11. The summed E-state index contributed by atoms with van der Waals surface area (Å²) >= 11 is 1.62. The van der Waals surface area contributed by atoms with Gasteiger partial charge in [0.1, 0.15) is 5.65 Å². The maximum Gasteiger partial charge on any atom is 0.257 e. The summed E-state index contributed by atoms with van der Waals surface area (Å²) in [6.45, 7) is 0. The molecule has 5 aromatic rings. The number of H-pyrrole nitrogens is 1. The van der Waals surface area contributed by atoms with Crippen molar-refractivity contribution in [3.05, 3.63) is 75.8 Å². The molecule has 5 nitrogen and oxygen atoms in total. The Morgan fingerprint density at radius 3 is 2.72 bits per heavy atom. The van der Waals surface area contributed by atoms with Crippen molar-refractivity contribution in [2.45, 2.75) is 0 Å². The molecule has 4 heterocycles. The van der Waals surface area contributed by atoms with Crippen LogP contribution in [-0.4, -0.2) is 19.6 Å². The van der Waals surface area contributed by atoms with E-state index in [2.05, 4.69) is 15.1 Å². The van der Waals surface area contributed by atoms with Crippen LogP contribution in [0.2, 0.25) is 0 Å². The Labute approximate surface area is 146 Å². The Bertz CT molecular complexity index is 1250. The maximum atomic E-state index is 12.6. The molecule has 0 amide bonds. The largest absolute Gasteiger partial charge is 0.306 e. The maximum absolute atomic E-state index is 12.6. The monoisotopic (exact) mass is 344 g/mol. The highest BCUT2D eigenvalue weighted by Gasteiger charge is 2.11. The predicted molar refractivity (Wildman–Crippen MR) is 99.9 cm³/mol. The van der Waals surface area contributed by atoms with Crippen molar-refractivity contribution in [2.75, 3.05) is 0 Å². The van der Waals surface area contributed by atoms with E-state index in [1.165, 1.54) is 0 Å². The number of aromatic amines is 1. The van der Waals surface area contributed by atoms with Crippen molar-refractivity contribution in [1.82, 2.24) is 19.6 Å². The third-order valence-electron chi connectivity index (χ3n) is 4.19. The minimum Gasteiger partial charge on any atom is -0.306 e. The van der Waals surface area contributed by atoms with Crippen LogP contribution in [0.5, 0.6) is 0 Å². The van der Waals surface area contributed by atoms with E-state index < -0.39 is 0 Å². The molecule has 25 heavy (non-hydrogen) atoms. The molecule has 0 saturated heterocycles. The van der Waals surface area contributed by atoms with E-state index in [4.69, 9.17) is 0 Å². The average molecular weight is 344 g/mol. The number of rotatable bonds is 2. The summed E-state index contributed by atoms with van der Waals surface area (Å²) in [5.41, 5.74) is 4.61. The van der Waals surface area contributed by atoms with E-state index in [0.29, 0.717) is 16.9 Å². The minimum absolute atomic E-state index is 0.140. The first kappa shape index (κ1) is 14.1. The van der Waals surface area contributed by atoms with Crippen LogP contribution < -0.4 is 5.56 Å². The van der Waals surface area contributed by atoms with E-state index in [1.807, 2.05) is 59.3 Å². The van der Waals surface area contributed by atoms with Crippen molar-refractivity contribution in [2.24, 2.45) is 0 Å². The van der Waals surface area contributed by atoms with Gasteiger partial charge in [0.05, 0.1) is 5.69 Å². The molecule has 0 bridgehead atoms. The second kappa shape index (κ2) is 5.39. The Morgan fingerprint density at radius 1 is 1.04 bits per heavy atom.